The van der Waals surface area contributed by atoms with Gasteiger partial charge in [0.1, 0.15) is 0 Å². The number of carbonyl (C=O) groups is 1. The van der Waals surface area contributed by atoms with Gasteiger partial charge in [0.05, 0.1) is 12.7 Å². The average Bonchev–Trinajstić information content (AvgIpc) is 2.35. The normalized spacial score (nSPS) is 10.1. The van der Waals surface area contributed by atoms with E-state index < -0.39 is 0 Å². The summed E-state index contributed by atoms with van der Waals surface area (Å²) >= 11 is 0. The van der Waals surface area contributed by atoms with E-state index in [9.17, 15) is 4.79 Å². The molecule has 88 valence electrons. The monoisotopic (exact) mass is 229 g/mol. The van der Waals surface area contributed by atoms with Crippen LogP contribution in [0.5, 0.6) is 0 Å². The summed E-state index contributed by atoms with van der Waals surface area (Å²) in [6.45, 7) is 2.14. The van der Waals surface area contributed by atoms with Crippen LogP contribution in [0, 0.1) is 11.3 Å². The Hall–Kier alpha value is -2.08. The molecular weight excluding hydrogens is 214 g/mol. The lowest BCUT2D eigenvalue weighted by atomic mass is 10.0. The van der Waals surface area contributed by atoms with Crippen LogP contribution in [0.1, 0.15) is 24.5 Å². The Bertz CT molecular complexity index is 444. The van der Waals surface area contributed by atoms with Crippen molar-refractivity contribution in [2.45, 2.75) is 19.8 Å². The molecule has 0 spiro atoms. The van der Waals surface area contributed by atoms with E-state index >= 15 is 0 Å². The first kappa shape index (κ1) is 13.0. The number of carbonyl (C=O) groups excluding carboxylic acids is 1. The van der Waals surface area contributed by atoms with E-state index in [1.165, 1.54) is 6.08 Å². The highest BCUT2D eigenvalue weighted by Gasteiger charge is 1.99. The molecule has 0 heterocycles. The van der Waals surface area contributed by atoms with Crippen molar-refractivity contribution in [3.8, 4) is 6.07 Å². The lowest BCUT2D eigenvalue weighted by molar-refractivity contribution is -0.137. The molecule has 0 bridgehead atoms. The maximum Gasteiger partial charge on any atom is 0.330 e. The zero-order chi connectivity index (χ0) is 12.5. The number of nitriles is 1. The van der Waals surface area contributed by atoms with E-state index in [-0.39, 0.29) is 5.97 Å². The zero-order valence-corrected chi connectivity index (χ0v) is 9.85. The Balaban J connectivity index is 2.76. The van der Waals surface area contributed by atoms with Gasteiger partial charge >= 0.3 is 5.97 Å². The minimum absolute atomic E-state index is 0.345. The van der Waals surface area contributed by atoms with Gasteiger partial charge in [0, 0.05) is 12.5 Å². The highest BCUT2D eigenvalue weighted by molar-refractivity contribution is 5.87. The van der Waals surface area contributed by atoms with Crippen LogP contribution in [0.25, 0.3) is 6.08 Å². The number of nitrogens with zero attached hydrogens (tertiary/aromatic N) is 1. The molecule has 0 amide bonds. The SMILES string of the molecule is CCOC(=O)/C=C/c1ccccc1CCC#N. The number of aryl methyl sites for hydroxylation is 1. The number of hydrogen-bond acceptors (Lipinski definition) is 3. The lowest BCUT2D eigenvalue weighted by Gasteiger charge is -2.03. The van der Waals surface area contributed by atoms with Gasteiger partial charge in [0.15, 0.2) is 0 Å². The summed E-state index contributed by atoms with van der Waals surface area (Å²) in [5, 5.41) is 8.56. The number of benzene rings is 1. The van der Waals surface area contributed by atoms with E-state index in [1.807, 2.05) is 24.3 Å². The van der Waals surface area contributed by atoms with Gasteiger partial charge in [-0.2, -0.15) is 5.26 Å². The Morgan fingerprint density at radius 1 is 1.47 bits per heavy atom. The topological polar surface area (TPSA) is 50.1 Å². The van der Waals surface area contributed by atoms with Crippen molar-refractivity contribution in [1.29, 1.82) is 5.26 Å². The van der Waals surface area contributed by atoms with Crippen LogP contribution < -0.4 is 0 Å². The smallest absolute Gasteiger partial charge is 0.330 e. The van der Waals surface area contributed by atoms with Crippen molar-refractivity contribution < 1.29 is 9.53 Å². The zero-order valence-electron chi connectivity index (χ0n) is 9.85. The molecule has 1 aromatic carbocycles. The van der Waals surface area contributed by atoms with Crippen molar-refractivity contribution >= 4 is 12.0 Å². The van der Waals surface area contributed by atoms with Crippen LogP contribution in [0.4, 0.5) is 0 Å². The third kappa shape index (κ3) is 4.52. The van der Waals surface area contributed by atoms with E-state index in [2.05, 4.69) is 6.07 Å². The van der Waals surface area contributed by atoms with Crippen molar-refractivity contribution in [2.24, 2.45) is 0 Å². The Labute approximate surface area is 101 Å². The predicted octanol–water partition coefficient (Wildman–Crippen LogP) is 2.72. The fraction of sp³-hybridized carbons (Fsp3) is 0.286. The van der Waals surface area contributed by atoms with Crippen molar-refractivity contribution in [3.63, 3.8) is 0 Å². The molecule has 0 fully saturated rings. The first-order chi connectivity index (χ1) is 8.27. The molecule has 0 atom stereocenters. The molecule has 3 nitrogen and oxygen atoms in total. The number of hydrogen-bond donors (Lipinski definition) is 0. The van der Waals surface area contributed by atoms with Crippen LogP contribution in [0.3, 0.4) is 0 Å². The first-order valence-corrected chi connectivity index (χ1v) is 5.57. The summed E-state index contributed by atoms with van der Waals surface area (Å²) in [7, 11) is 0. The van der Waals surface area contributed by atoms with Gasteiger partial charge in [-0.3, -0.25) is 0 Å². The second-order valence-electron chi connectivity index (χ2n) is 3.44. The summed E-state index contributed by atoms with van der Waals surface area (Å²) in [6.07, 6.45) is 4.31. The molecule has 0 aliphatic rings. The van der Waals surface area contributed by atoms with Gasteiger partial charge in [0.2, 0.25) is 0 Å². The molecule has 0 unspecified atom stereocenters. The van der Waals surface area contributed by atoms with Gasteiger partial charge in [0.25, 0.3) is 0 Å². The number of ether oxygens (including phenoxy) is 1. The van der Waals surface area contributed by atoms with Crippen LogP contribution >= 0.6 is 0 Å². The standard InChI is InChI=1S/C14H15NO2/c1-2-17-14(16)10-9-13-7-4-3-6-12(13)8-5-11-15/h3-4,6-7,9-10H,2,5,8H2,1H3/b10-9+. The maximum absolute atomic E-state index is 11.2. The number of rotatable bonds is 5. The molecule has 17 heavy (non-hydrogen) atoms. The van der Waals surface area contributed by atoms with Crippen molar-refractivity contribution in [2.75, 3.05) is 6.61 Å². The summed E-state index contributed by atoms with van der Waals surface area (Å²) in [5.41, 5.74) is 2.02. The largest absolute Gasteiger partial charge is 0.463 e. The highest BCUT2D eigenvalue weighted by Crippen LogP contribution is 2.12. The Morgan fingerprint density at radius 3 is 2.94 bits per heavy atom. The summed E-state index contributed by atoms with van der Waals surface area (Å²) in [4.78, 5) is 11.2. The van der Waals surface area contributed by atoms with E-state index in [0.717, 1.165) is 11.1 Å². The molecule has 1 rings (SSSR count). The number of esters is 1. The minimum atomic E-state index is -0.345. The predicted molar refractivity (Wildman–Crippen MR) is 66.0 cm³/mol. The summed E-state index contributed by atoms with van der Waals surface area (Å²) in [6, 6.07) is 9.82. The molecule has 1 aromatic rings. The lowest BCUT2D eigenvalue weighted by Crippen LogP contribution is -1.99. The maximum atomic E-state index is 11.2. The van der Waals surface area contributed by atoms with Crippen LogP contribution in [0.15, 0.2) is 30.3 Å². The van der Waals surface area contributed by atoms with Gasteiger partial charge in [-0.25, -0.2) is 4.79 Å². The molecule has 0 radical (unpaired) electrons. The Kier molecular flexibility index (Phi) is 5.53. The summed E-state index contributed by atoms with van der Waals surface area (Å²) in [5.74, 6) is -0.345. The average molecular weight is 229 g/mol. The van der Waals surface area contributed by atoms with Crippen molar-refractivity contribution in [3.05, 3.63) is 41.5 Å². The molecular formula is C14H15NO2. The minimum Gasteiger partial charge on any atom is -0.463 e. The fourth-order valence-electron chi connectivity index (χ4n) is 1.46. The highest BCUT2D eigenvalue weighted by atomic mass is 16.5. The third-order valence-electron chi connectivity index (χ3n) is 2.25. The van der Waals surface area contributed by atoms with Crippen LogP contribution in [0.2, 0.25) is 0 Å². The molecule has 0 aliphatic heterocycles. The molecule has 3 heteroatoms. The van der Waals surface area contributed by atoms with Gasteiger partial charge in [-0.05, 0) is 30.5 Å². The fourth-order valence-corrected chi connectivity index (χ4v) is 1.46. The van der Waals surface area contributed by atoms with Crippen LogP contribution in [-0.4, -0.2) is 12.6 Å². The van der Waals surface area contributed by atoms with Crippen LogP contribution in [-0.2, 0) is 16.0 Å². The first-order valence-electron chi connectivity index (χ1n) is 5.57. The molecule has 0 saturated heterocycles. The molecule has 0 N–H and O–H groups in total. The van der Waals surface area contributed by atoms with Crippen molar-refractivity contribution in [1.82, 2.24) is 0 Å². The van der Waals surface area contributed by atoms with Gasteiger partial charge in [-0.1, -0.05) is 24.3 Å². The van der Waals surface area contributed by atoms with E-state index in [4.69, 9.17) is 10.00 Å². The third-order valence-corrected chi connectivity index (χ3v) is 2.25. The quantitative estimate of drug-likeness (QED) is 0.576. The molecule has 0 aromatic heterocycles. The van der Waals surface area contributed by atoms with Gasteiger partial charge in [-0.15, -0.1) is 0 Å². The van der Waals surface area contributed by atoms with Gasteiger partial charge < -0.3 is 4.74 Å². The van der Waals surface area contributed by atoms with E-state index in [0.29, 0.717) is 19.4 Å². The van der Waals surface area contributed by atoms with E-state index in [1.54, 1.807) is 13.0 Å². The Morgan fingerprint density at radius 2 is 2.24 bits per heavy atom. The second-order valence-corrected chi connectivity index (χ2v) is 3.44. The molecule has 0 aliphatic carbocycles. The summed E-state index contributed by atoms with van der Waals surface area (Å²) < 4.78 is 4.81. The molecule has 0 saturated carbocycles. The second kappa shape index (κ2) is 7.24.